The summed E-state index contributed by atoms with van der Waals surface area (Å²) in [5, 5.41) is 14.5. The second-order valence-electron chi connectivity index (χ2n) is 6.66. The highest BCUT2D eigenvalue weighted by molar-refractivity contribution is 6.30. The van der Waals surface area contributed by atoms with Crippen LogP contribution >= 0.6 is 11.6 Å². The van der Waals surface area contributed by atoms with Gasteiger partial charge in [0.25, 0.3) is 0 Å². The molecule has 0 radical (unpaired) electrons. The molecule has 0 bridgehead atoms. The molecule has 1 heterocycles. The van der Waals surface area contributed by atoms with Gasteiger partial charge in [0, 0.05) is 36.1 Å². The van der Waals surface area contributed by atoms with Gasteiger partial charge in [0.2, 0.25) is 5.82 Å². The first-order chi connectivity index (χ1) is 12.7. The number of hydrogen-bond donors (Lipinski definition) is 1. The average molecular weight is 393 g/mol. The van der Waals surface area contributed by atoms with Gasteiger partial charge in [-0.3, -0.25) is 15.0 Å². The number of rotatable bonds is 6. The number of amides is 1. The number of nitrogens with one attached hydrogen (secondary N) is 1. The lowest BCUT2D eigenvalue weighted by molar-refractivity contribution is -0.384. The minimum absolute atomic E-state index is 0.132. The summed E-state index contributed by atoms with van der Waals surface area (Å²) in [6.07, 6.45) is 0.933. The van der Waals surface area contributed by atoms with Gasteiger partial charge in [-0.2, -0.15) is 0 Å². The van der Waals surface area contributed by atoms with Gasteiger partial charge in [-0.25, -0.2) is 9.78 Å². The zero-order valence-electron chi connectivity index (χ0n) is 15.3. The van der Waals surface area contributed by atoms with Gasteiger partial charge in [0.05, 0.1) is 4.92 Å². The van der Waals surface area contributed by atoms with Crippen LogP contribution in [0.2, 0.25) is 5.02 Å². The summed E-state index contributed by atoms with van der Waals surface area (Å²) in [6.45, 7) is 5.78. The Bertz CT molecular complexity index is 806. The summed E-state index contributed by atoms with van der Waals surface area (Å²) >= 11 is 5.91. The Balaban J connectivity index is 2.14. The van der Waals surface area contributed by atoms with Crippen molar-refractivity contribution < 1.29 is 14.5 Å². The first-order valence-electron chi connectivity index (χ1n) is 8.27. The molecule has 0 aliphatic heterocycles. The van der Waals surface area contributed by atoms with Gasteiger partial charge in [-0.05, 0) is 51.1 Å². The SMILES string of the molecule is CC(C)(C)OC(=O)N(CCNc1ncccc1[N+](=O)[O-])c1ccc(Cl)cc1. The monoisotopic (exact) mass is 392 g/mol. The fourth-order valence-electron chi connectivity index (χ4n) is 2.23. The van der Waals surface area contributed by atoms with Crippen molar-refractivity contribution in [3.8, 4) is 0 Å². The highest BCUT2D eigenvalue weighted by atomic mass is 35.5. The summed E-state index contributed by atoms with van der Waals surface area (Å²) in [4.78, 5) is 28.5. The smallest absolute Gasteiger partial charge is 0.414 e. The summed E-state index contributed by atoms with van der Waals surface area (Å²) in [6, 6.07) is 9.60. The number of halogens is 1. The normalized spacial score (nSPS) is 11.0. The Morgan fingerprint density at radius 2 is 1.96 bits per heavy atom. The number of nitro groups is 1. The van der Waals surface area contributed by atoms with Crippen molar-refractivity contribution in [2.45, 2.75) is 26.4 Å². The lowest BCUT2D eigenvalue weighted by atomic mass is 10.2. The van der Waals surface area contributed by atoms with Crippen LogP contribution in [0.5, 0.6) is 0 Å². The minimum Gasteiger partial charge on any atom is -0.443 e. The van der Waals surface area contributed by atoms with Crippen LogP contribution in [0.1, 0.15) is 20.8 Å². The molecule has 1 amide bonds. The lowest BCUT2D eigenvalue weighted by Crippen LogP contribution is -2.39. The van der Waals surface area contributed by atoms with Gasteiger partial charge < -0.3 is 10.1 Å². The van der Waals surface area contributed by atoms with E-state index in [2.05, 4.69) is 10.3 Å². The maximum Gasteiger partial charge on any atom is 0.414 e. The van der Waals surface area contributed by atoms with E-state index in [0.29, 0.717) is 10.7 Å². The van der Waals surface area contributed by atoms with Gasteiger partial charge in [0.15, 0.2) is 0 Å². The van der Waals surface area contributed by atoms with E-state index in [1.807, 2.05) is 0 Å². The number of benzene rings is 1. The molecule has 144 valence electrons. The largest absolute Gasteiger partial charge is 0.443 e. The zero-order valence-corrected chi connectivity index (χ0v) is 16.1. The van der Waals surface area contributed by atoms with E-state index in [0.717, 1.165) is 0 Å². The van der Waals surface area contributed by atoms with E-state index < -0.39 is 16.6 Å². The predicted octanol–water partition coefficient (Wildman–Crippen LogP) is 4.50. The Hall–Kier alpha value is -2.87. The maximum atomic E-state index is 12.6. The Morgan fingerprint density at radius 3 is 2.56 bits per heavy atom. The Morgan fingerprint density at radius 1 is 1.30 bits per heavy atom. The number of aromatic nitrogens is 1. The first-order valence-corrected chi connectivity index (χ1v) is 8.64. The summed E-state index contributed by atoms with van der Waals surface area (Å²) in [5.41, 5.74) is -0.187. The molecule has 0 saturated carbocycles. The van der Waals surface area contributed by atoms with Gasteiger partial charge in [-0.1, -0.05) is 11.6 Å². The van der Waals surface area contributed by atoms with E-state index in [1.54, 1.807) is 45.0 Å². The van der Waals surface area contributed by atoms with Crippen molar-refractivity contribution in [3.63, 3.8) is 0 Å². The van der Waals surface area contributed by atoms with Crippen LogP contribution in [-0.2, 0) is 4.74 Å². The highest BCUT2D eigenvalue weighted by Crippen LogP contribution is 2.22. The molecule has 0 saturated heterocycles. The Labute approximate surface area is 162 Å². The van der Waals surface area contributed by atoms with Crippen molar-refractivity contribution >= 4 is 34.9 Å². The fourth-order valence-corrected chi connectivity index (χ4v) is 2.36. The molecule has 0 fully saturated rings. The molecule has 2 rings (SSSR count). The molecule has 1 aromatic heterocycles. The van der Waals surface area contributed by atoms with Crippen LogP contribution in [0.4, 0.5) is 22.0 Å². The van der Waals surface area contributed by atoms with E-state index in [1.165, 1.54) is 23.2 Å². The van der Waals surface area contributed by atoms with Crippen molar-refractivity contribution in [3.05, 3.63) is 57.7 Å². The van der Waals surface area contributed by atoms with Crippen molar-refractivity contribution in [1.82, 2.24) is 4.98 Å². The molecular formula is C18H21ClN4O4. The van der Waals surface area contributed by atoms with E-state index >= 15 is 0 Å². The van der Waals surface area contributed by atoms with Gasteiger partial charge >= 0.3 is 11.8 Å². The molecule has 0 atom stereocenters. The second-order valence-corrected chi connectivity index (χ2v) is 7.10. The molecular weight excluding hydrogens is 372 g/mol. The fraction of sp³-hybridized carbons (Fsp3) is 0.333. The van der Waals surface area contributed by atoms with Gasteiger partial charge in [-0.15, -0.1) is 0 Å². The van der Waals surface area contributed by atoms with Crippen LogP contribution in [0.15, 0.2) is 42.6 Å². The Kier molecular flexibility index (Phi) is 6.57. The molecule has 0 unspecified atom stereocenters. The van der Waals surface area contributed by atoms with Crippen molar-refractivity contribution in [2.24, 2.45) is 0 Å². The van der Waals surface area contributed by atoms with E-state index in [9.17, 15) is 14.9 Å². The second kappa shape index (κ2) is 8.68. The minimum atomic E-state index is -0.658. The van der Waals surface area contributed by atoms with Gasteiger partial charge in [0.1, 0.15) is 5.60 Å². The number of carbonyl (C=O) groups is 1. The number of anilines is 2. The highest BCUT2D eigenvalue weighted by Gasteiger charge is 2.23. The lowest BCUT2D eigenvalue weighted by Gasteiger charge is -2.27. The number of hydrogen-bond acceptors (Lipinski definition) is 6. The number of ether oxygens (including phenoxy) is 1. The van der Waals surface area contributed by atoms with Crippen LogP contribution in [-0.4, -0.2) is 34.7 Å². The van der Waals surface area contributed by atoms with Crippen molar-refractivity contribution in [2.75, 3.05) is 23.3 Å². The third-order valence-corrected chi connectivity index (χ3v) is 3.62. The molecule has 27 heavy (non-hydrogen) atoms. The number of carbonyl (C=O) groups excluding carboxylic acids is 1. The van der Waals surface area contributed by atoms with Crippen LogP contribution in [0.3, 0.4) is 0 Å². The van der Waals surface area contributed by atoms with E-state index in [-0.39, 0.29) is 24.6 Å². The van der Waals surface area contributed by atoms with Crippen molar-refractivity contribution in [1.29, 1.82) is 0 Å². The van der Waals surface area contributed by atoms with Crippen LogP contribution in [0, 0.1) is 10.1 Å². The third kappa shape index (κ3) is 6.10. The van der Waals surface area contributed by atoms with Crippen LogP contribution in [0.25, 0.3) is 0 Å². The topological polar surface area (TPSA) is 97.6 Å². The van der Waals surface area contributed by atoms with E-state index in [4.69, 9.17) is 16.3 Å². The molecule has 0 aliphatic rings. The standard InChI is InChI=1S/C18H21ClN4O4/c1-18(2,3)27-17(24)22(14-8-6-13(19)7-9-14)12-11-21-16-15(23(25)26)5-4-10-20-16/h4-10H,11-12H2,1-3H3,(H,20,21). The molecule has 9 heteroatoms. The zero-order chi connectivity index (χ0) is 20.0. The van der Waals surface area contributed by atoms with Crippen LogP contribution < -0.4 is 10.2 Å². The molecule has 8 nitrogen and oxygen atoms in total. The molecule has 2 aromatic rings. The predicted molar refractivity (Wildman–Crippen MR) is 104 cm³/mol. The summed E-state index contributed by atoms with van der Waals surface area (Å²) in [7, 11) is 0. The molecule has 0 aliphatic carbocycles. The molecule has 1 N–H and O–H groups in total. The summed E-state index contributed by atoms with van der Waals surface area (Å²) < 4.78 is 5.45. The molecule has 1 aromatic carbocycles. The third-order valence-electron chi connectivity index (χ3n) is 3.36. The maximum absolute atomic E-state index is 12.6. The summed E-state index contributed by atoms with van der Waals surface area (Å²) in [5.74, 6) is 0.141. The number of pyridine rings is 1. The quantitative estimate of drug-likeness (QED) is 0.574. The number of nitrogens with zero attached hydrogens (tertiary/aromatic N) is 3. The molecule has 0 spiro atoms. The average Bonchev–Trinajstić information content (AvgIpc) is 2.58. The first kappa shape index (κ1) is 20.4.